The van der Waals surface area contributed by atoms with Crippen LogP contribution in [-0.2, 0) is 0 Å². The number of rotatable bonds is 7. The largest absolute Gasteiger partial charge is 0.496 e. The first kappa shape index (κ1) is 16.3. The third kappa shape index (κ3) is 3.78. The smallest absolute Gasteiger partial charge is 0.258 e. The van der Waals surface area contributed by atoms with E-state index in [4.69, 9.17) is 9.47 Å². The molecule has 2 rings (SSSR count). The van der Waals surface area contributed by atoms with Gasteiger partial charge in [0.15, 0.2) is 0 Å². The van der Waals surface area contributed by atoms with E-state index in [-0.39, 0.29) is 5.91 Å². The number of methoxy groups -OCH3 is 2. The molecule has 0 aliphatic carbocycles. The van der Waals surface area contributed by atoms with Gasteiger partial charge in [-0.1, -0.05) is 12.1 Å². The number of hydrogen-bond donors (Lipinski definition) is 2. The zero-order chi connectivity index (χ0) is 15.9. The van der Waals surface area contributed by atoms with Crippen molar-refractivity contribution in [2.75, 3.05) is 20.8 Å². The zero-order valence-electron chi connectivity index (χ0n) is 12.5. The lowest BCUT2D eigenvalue weighted by Gasteiger charge is -2.14. The van der Waals surface area contributed by atoms with Crippen LogP contribution in [0.1, 0.15) is 27.8 Å². The molecule has 118 valence electrons. The standard InChI is InChI=1S/C16H19NO4S/c1-20-12-5-3-6-13(21-2)15(12)16(19)17-9-8-11(18)14-7-4-10-22-14/h3-7,10-11,18H,8-9H2,1-2H3,(H,17,19). The van der Waals surface area contributed by atoms with Crippen LogP contribution in [0.15, 0.2) is 35.7 Å². The first-order valence-corrected chi connectivity index (χ1v) is 7.76. The monoisotopic (exact) mass is 321 g/mol. The molecule has 22 heavy (non-hydrogen) atoms. The van der Waals surface area contributed by atoms with E-state index in [2.05, 4.69) is 5.32 Å². The van der Waals surface area contributed by atoms with Gasteiger partial charge in [-0.15, -0.1) is 11.3 Å². The van der Waals surface area contributed by atoms with Gasteiger partial charge in [0, 0.05) is 11.4 Å². The minimum absolute atomic E-state index is 0.285. The first-order chi connectivity index (χ1) is 10.7. The lowest BCUT2D eigenvalue weighted by Crippen LogP contribution is -2.26. The molecule has 2 N–H and O–H groups in total. The summed E-state index contributed by atoms with van der Waals surface area (Å²) < 4.78 is 10.4. The van der Waals surface area contributed by atoms with Crippen molar-refractivity contribution < 1.29 is 19.4 Å². The number of thiophene rings is 1. The van der Waals surface area contributed by atoms with Gasteiger partial charge >= 0.3 is 0 Å². The van der Waals surface area contributed by atoms with Crippen LogP contribution in [0.4, 0.5) is 0 Å². The lowest BCUT2D eigenvalue weighted by molar-refractivity contribution is 0.0937. The van der Waals surface area contributed by atoms with E-state index in [1.807, 2.05) is 17.5 Å². The minimum Gasteiger partial charge on any atom is -0.496 e. The van der Waals surface area contributed by atoms with Crippen molar-refractivity contribution in [3.8, 4) is 11.5 Å². The molecule has 0 fully saturated rings. The van der Waals surface area contributed by atoms with E-state index in [0.29, 0.717) is 30.0 Å². The Balaban J connectivity index is 1.98. The molecule has 5 nitrogen and oxygen atoms in total. The molecule has 0 spiro atoms. The predicted octanol–water partition coefficient (Wildman–Crippen LogP) is 2.62. The normalized spacial score (nSPS) is 11.8. The minimum atomic E-state index is -0.570. The van der Waals surface area contributed by atoms with Gasteiger partial charge < -0.3 is 19.9 Å². The second-order valence-corrected chi connectivity index (χ2v) is 5.59. The Morgan fingerprint density at radius 3 is 2.45 bits per heavy atom. The van der Waals surface area contributed by atoms with E-state index in [1.165, 1.54) is 25.6 Å². The number of ether oxygens (including phenoxy) is 2. The maximum atomic E-state index is 12.3. The fraction of sp³-hybridized carbons (Fsp3) is 0.312. The highest BCUT2D eigenvalue weighted by Crippen LogP contribution is 2.28. The molecular weight excluding hydrogens is 302 g/mol. The van der Waals surface area contributed by atoms with Crippen LogP contribution in [0.3, 0.4) is 0 Å². The molecule has 1 unspecified atom stereocenters. The molecular formula is C16H19NO4S. The zero-order valence-corrected chi connectivity index (χ0v) is 13.4. The quantitative estimate of drug-likeness (QED) is 0.822. The molecule has 6 heteroatoms. The second-order valence-electron chi connectivity index (χ2n) is 4.61. The van der Waals surface area contributed by atoms with Gasteiger partial charge in [0.1, 0.15) is 17.1 Å². The molecule has 1 aromatic carbocycles. The van der Waals surface area contributed by atoms with Gasteiger partial charge in [-0.3, -0.25) is 4.79 Å². The van der Waals surface area contributed by atoms with E-state index in [1.54, 1.807) is 18.2 Å². The van der Waals surface area contributed by atoms with E-state index < -0.39 is 6.10 Å². The van der Waals surface area contributed by atoms with Crippen molar-refractivity contribution in [3.63, 3.8) is 0 Å². The van der Waals surface area contributed by atoms with Crippen LogP contribution >= 0.6 is 11.3 Å². The van der Waals surface area contributed by atoms with Crippen molar-refractivity contribution in [3.05, 3.63) is 46.2 Å². The highest BCUT2D eigenvalue weighted by Gasteiger charge is 2.18. The van der Waals surface area contributed by atoms with Gasteiger partial charge in [-0.25, -0.2) is 0 Å². The number of amides is 1. The summed E-state index contributed by atoms with van der Waals surface area (Å²) in [6.07, 6.45) is -0.121. The van der Waals surface area contributed by atoms with Crippen molar-refractivity contribution >= 4 is 17.2 Å². The summed E-state index contributed by atoms with van der Waals surface area (Å²) in [5.74, 6) is 0.624. The van der Waals surface area contributed by atoms with E-state index >= 15 is 0 Å². The summed E-state index contributed by atoms with van der Waals surface area (Å²) in [5, 5.41) is 14.7. The lowest BCUT2D eigenvalue weighted by atomic mass is 10.1. The molecule has 0 saturated heterocycles. The molecule has 1 amide bonds. The highest BCUT2D eigenvalue weighted by molar-refractivity contribution is 7.10. The van der Waals surface area contributed by atoms with Crippen LogP contribution in [0.25, 0.3) is 0 Å². The van der Waals surface area contributed by atoms with Crippen LogP contribution in [-0.4, -0.2) is 31.8 Å². The number of aliphatic hydroxyl groups excluding tert-OH is 1. The van der Waals surface area contributed by atoms with Crippen molar-refractivity contribution in [1.82, 2.24) is 5.32 Å². The second kappa shape index (κ2) is 7.82. The summed E-state index contributed by atoms with van der Waals surface area (Å²) in [7, 11) is 3.01. The Morgan fingerprint density at radius 1 is 1.23 bits per heavy atom. The van der Waals surface area contributed by atoms with Crippen molar-refractivity contribution in [2.24, 2.45) is 0 Å². The predicted molar refractivity (Wildman–Crippen MR) is 85.8 cm³/mol. The van der Waals surface area contributed by atoms with Crippen LogP contribution in [0.5, 0.6) is 11.5 Å². The fourth-order valence-electron chi connectivity index (χ4n) is 2.11. The molecule has 0 aliphatic rings. The van der Waals surface area contributed by atoms with Gasteiger partial charge in [0.05, 0.1) is 20.3 Å². The Kier molecular flexibility index (Phi) is 5.80. The Morgan fingerprint density at radius 2 is 1.91 bits per heavy atom. The molecule has 1 aromatic heterocycles. The number of carbonyl (C=O) groups is 1. The first-order valence-electron chi connectivity index (χ1n) is 6.88. The van der Waals surface area contributed by atoms with Crippen LogP contribution < -0.4 is 14.8 Å². The molecule has 1 heterocycles. The van der Waals surface area contributed by atoms with Gasteiger partial charge in [0.25, 0.3) is 5.91 Å². The number of hydrogen-bond acceptors (Lipinski definition) is 5. The van der Waals surface area contributed by atoms with Crippen LogP contribution in [0.2, 0.25) is 0 Å². The molecule has 1 atom stereocenters. The maximum absolute atomic E-state index is 12.3. The van der Waals surface area contributed by atoms with E-state index in [0.717, 1.165) is 4.88 Å². The number of carbonyl (C=O) groups excluding carboxylic acids is 1. The average Bonchev–Trinajstić information content (AvgIpc) is 3.08. The molecule has 2 aromatic rings. The van der Waals surface area contributed by atoms with Gasteiger partial charge in [-0.05, 0) is 30.0 Å². The van der Waals surface area contributed by atoms with Crippen LogP contribution in [0, 0.1) is 0 Å². The molecule has 0 aliphatic heterocycles. The maximum Gasteiger partial charge on any atom is 0.258 e. The average molecular weight is 321 g/mol. The summed E-state index contributed by atoms with van der Waals surface area (Å²) >= 11 is 1.50. The van der Waals surface area contributed by atoms with Gasteiger partial charge in [-0.2, -0.15) is 0 Å². The van der Waals surface area contributed by atoms with Gasteiger partial charge in [0.2, 0.25) is 0 Å². The van der Waals surface area contributed by atoms with Crippen molar-refractivity contribution in [1.29, 1.82) is 0 Å². The summed E-state index contributed by atoms with van der Waals surface area (Å²) in [6, 6.07) is 8.94. The van der Waals surface area contributed by atoms with E-state index in [9.17, 15) is 9.90 Å². The number of benzene rings is 1. The summed E-state index contributed by atoms with van der Waals surface area (Å²) in [4.78, 5) is 13.2. The molecule has 0 bridgehead atoms. The number of aliphatic hydroxyl groups is 1. The number of nitrogens with one attached hydrogen (secondary N) is 1. The highest BCUT2D eigenvalue weighted by atomic mass is 32.1. The fourth-order valence-corrected chi connectivity index (χ4v) is 2.86. The molecule has 0 saturated carbocycles. The SMILES string of the molecule is COc1cccc(OC)c1C(=O)NCCC(O)c1cccs1. The third-order valence-corrected chi connectivity index (χ3v) is 4.20. The Hall–Kier alpha value is -2.05. The summed E-state index contributed by atoms with van der Waals surface area (Å²) in [6.45, 7) is 0.360. The van der Waals surface area contributed by atoms with Crippen molar-refractivity contribution in [2.45, 2.75) is 12.5 Å². The third-order valence-electron chi connectivity index (χ3n) is 3.23. The topological polar surface area (TPSA) is 67.8 Å². The summed E-state index contributed by atoms with van der Waals surface area (Å²) in [5.41, 5.74) is 0.359. The Labute approximate surface area is 133 Å². The Bertz CT molecular complexity index is 590. The molecule has 0 radical (unpaired) electrons.